The molecular formula is C31H38O14. The van der Waals surface area contributed by atoms with E-state index in [1.54, 1.807) is 36.4 Å². The van der Waals surface area contributed by atoms with Crippen molar-refractivity contribution in [3.8, 4) is 23.0 Å². The van der Waals surface area contributed by atoms with E-state index in [1.165, 1.54) is 55.1 Å². The van der Waals surface area contributed by atoms with Gasteiger partial charge < -0.3 is 47.4 Å². The maximum Gasteiger partial charge on any atom is 0.308 e. The second kappa shape index (κ2) is 16.6. The average Bonchev–Trinajstić information content (AvgIpc) is 3.30. The van der Waals surface area contributed by atoms with Crippen LogP contribution >= 0.6 is 0 Å². The molecule has 1 heterocycles. The predicted octanol–water partition coefficient (Wildman–Crippen LogP) is 2.93. The summed E-state index contributed by atoms with van der Waals surface area (Å²) < 4.78 is 56.4. The molecule has 3 rings (SSSR count). The number of hydrogen-bond donors (Lipinski definition) is 0. The minimum absolute atomic E-state index is 0.163. The molecule has 1 fully saturated rings. The smallest absolute Gasteiger partial charge is 0.308 e. The van der Waals surface area contributed by atoms with Gasteiger partial charge in [-0.25, -0.2) is 0 Å². The van der Waals surface area contributed by atoms with Gasteiger partial charge in [-0.05, 0) is 29.8 Å². The summed E-state index contributed by atoms with van der Waals surface area (Å²) in [6.07, 6.45) is -6.19. The van der Waals surface area contributed by atoms with Gasteiger partial charge in [0.25, 0.3) is 0 Å². The molecule has 0 bridgehead atoms. The summed E-state index contributed by atoms with van der Waals surface area (Å²) in [5.74, 6) is -1.27. The van der Waals surface area contributed by atoms with Crippen molar-refractivity contribution in [2.24, 2.45) is 0 Å². The van der Waals surface area contributed by atoms with E-state index in [9.17, 15) is 19.2 Å². The van der Waals surface area contributed by atoms with E-state index in [-0.39, 0.29) is 24.7 Å². The molecule has 6 atom stereocenters. The second-order valence-electron chi connectivity index (χ2n) is 9.79. The van der Waals surface area contributed by atoms with Crippen LogP contribution in [0.3, 0.4) is 0 Å². The largest absolute Gasteiger partial charge is 0.493 e. The highest BCUT2D eigenvalue weighted by molar-refractivity contribution is 5.70. The van der Waals surface area contributed by atoms with E-state index >= 15 is 0 Å². The highest BCUT2D eigenvalue weighted by Crippen LogP contribution is 2.37. The van der Waals surface area contributed by atoms with Crippen molar-refractivity contribution < 1.29 is 66.5 Å². The molecule has 0 radical (unpaired) electrons. The van der Waals surface area contributed by atoms with Crippen molar-refractivity contribution in [3.05, 3.63) is 48.0 Å². The topological polar surface area (TPSA) is 161 Å². The molecule has 0 unspecified atom stereocenters. The van der Waals surface area contributed by atoms with Gasteiger partial charge in [0.15, 0.2) is 47.6 Å². The Bertz CT molecular complexity index is 1330. The van der Waals surface area contributed by atoms with Gasteiger partial charge in [0.2, 0.25) is 0 Å². The van der Waals surface area contributed by atoms with Crippen molar-refractivity contribution in [1.82, 2.24) is 0 Å². The Balaban J connectivity index is 2.05. The van der Waals surface area contributed by atoms with Crippen LogP contribution in [0.1, 0.15) is 39.4 Å². The van der Waals surface area contributed by atoms with Crippen LogP contribution in [-0.4, -0.2) is 89.1 Å². The van der Waals surface area contributed by atoms with Crippen LogP contribution in [0, 0.1) is 0 Å². The van der Waals surface area contributed by atoms with E-state index in [0.717, 1.165) is 0 Å². The minimum atomic E-state index is -1.08. The summed E-state index contributed by atoms with van der Waals surface area (Å²) in [6.45, 7) is 4.43. The zero-order chi connectivity index (χ0) is 33.1. The molecule has 14 nitrogen and oxygen atoms in total. The Kier molecular flexibility index (Phi) is 12.9. The van der Waals surface area contributed by atoms with Crippen molar-refractivity contribution in [1.29, 1.82) is 0 Å². The first-order chi connectivity index (χ1) is 21.5. The van der Waals surface area contributed by atoms with Crippen molar-refractivity contribution in [2.45, 2.75) is 64.5 Å². The van der Waals surface area contributed by atoms with Gasteiger partial charge in [0, 0.05) is 34.8 Å². The third kappa shape index (κ3) is 9.80. The first-order valence-electron chi connectivity index (χ1n) is 13.9. The maximum atomic E-state index is 12.0. The SMILES string of the molecule is COc1cc([C@@H](OC[C@@H]2O[C@@H](OC)[C@H](OC(C)=O)[C@H]2OC(C)=O)[C@@H](COC(C)=O)Oc2ccccc2OC)ccc1OC(C)=O. The minimum Gasteiger partial charge on any atom is -0.493 e. The molecular weight excluding hydrogens is 596 g/mol. The predicted molar refractivity (Wildman–Crippen MR) is 154 cm³/mol. The molecule has 0 N–H and O–H groups in total. The molecule has 1 aliphatic rings. The zero-order valence-electron chi connectivity index (χ0n) is 26.1. The van der Waals surface area contributed by atoms with Crippen LogP contribution in [0.15, 0.2) is 42.5 Å². The number of benzene rings is 2. The van der Waals surface area contributed by atoms with Crippen LogP contribution in [0.4, 0.5) is 0 Å². The van der Waals surface area contributed by atoms with Crippen LogP contribution in [0.2, 0.25) is 0 Å². The molecule has 0 spiro atoms. The Morgan fingerprint density at radius 1 is 0.756 bits per heavy atom. The molecule has 2 aromatic rings. The molecule has 1 saturated heterocycles. The Labute approximate surface area is 260 Å². The van der Waals surface area contributed by atoms with Gasteiger partial charge >= 0.3 is 23.9 Å². The molecule has 2 aromatic carbocycles. The highest BCUT2D eigenvalue weighted by Gasteiger charge is 2.50. The molecule has 0 saturated carbocycles. The molecule has 0 amide bonds. The van der Waals surface area contributed by atoms with Gasteiger partial charge in [-0.1, -0.05) is 18.2 Å². The van der Waals surface area contributed by atoms with E-state index in [4.69, 9.17) is 47.4 Å². The van der Waals surface area contributed by atoms with E-state index < -0.39 is 60.7 Å². The molecule has 14 heteroatoms. The van der Waals surface area contributed by atoms with Crippen LogP contribution in [-0.2, 0) is 47.6 Å². The first-order valence-corrected chi connectivity index (χ1v) is 13.9. The van der Waals surface area contributed by atoms with Gasteiger partial charge in [-0.15, -0.1) is 0 Å². The number of ether oxygens (including phenoxy) is 10. The van der Waals surface area contributed by atoms with Crippen molar-refractivity contribution in [2.75, 3.05) is 34.5 Å². The molecule has 1 aliphatic heterocycles. The van der Waals surface area contributed by atoms with Crippen LogP contribution in [0.25, 0.3) is 0 Å². The summed E-state index contributed by atoms with van der Waals surface area (Å²) in [5, 5.41) is 0. The summed E-state index contributed by atoms with van der Waals surface area (Å²) >= 11 is 0. The van der Waals surface area contributed by atoms with Crippen molar-refractivity contribution in [3.63, 3.8) is 0 Å². The Morgan fingerprint density at radius 2 is 1.40 bits per heavy atom. The second-order valence-corrected chi connectivity index (χ2v) is 9.79. The third-order valence-electron chi connectivity index (χ3n) is 6.45. The van der Waals surface area contributed by atoms with Gasteiger partial charge in [-0.2, -0.15) is 0 Å². The fourth-order valence-electron chi connectivity index (χ4n) is 4.65. The lowest BCUT2D eigenvalue weighted by molar-refractivity contribution is -0.182. The highest BCUT2D eigenvalue weighted by atomic mass is 16.7. The number of hydrogen-bond acceptors (Lipinski definition) is 14. The lowest BCUT2D eigenvalue weighted by Gasteiger charge is -2.30. The molecule has 0 aromatic heterocycles. The number of esters is 4. The standard InChI is InChI=1S/C31H38O14/c1-17(32)39-15-26(44-23-11-9-8-10-22(23)36-5)28(21-12-13-24(41-18(2)33)25(14-21)37-6)40-16-27-29(42-19(3)34)30(43-20(4)35)31(38-7)45-27/h8-14,26-31H,15-16H2,1-7H3/t26-,27+,28-,29+,30-,31-/m1/s1. The first kappa shape index (κ1) is 35.1. The van der Waals surface area contributed by atoms with E-state index in [2.05, 4.69) is 0 Å². The number of para-hydroxylation sites is 2. The van der Waals surface area contributed by atoms with Crippen LogP contribution < -0.4 is 18.9 Å². The normalized spacial score (nSPS) is 20.3. The van der Waals surface area contributed by atoms with Gasteiger partial charge in [0.05, 0.1) is 20.8 Å². The lowest BCUT2D eigenvalue weighted by Crippen LogP contribution is -2.42. The van der Waals surface area contributed by atoms with Gasteiger partial charge in [0.1, 0.15) is 18.8 Å². The third-order valence-corrected chi connectivity index (χ3v) is 6.45. The molecule has 246 valence electrons. The fraction of sp³-hybridized carbons (Fsp3) is 0.484. The van der Waals surface area contributed by atoms with Crippen molar-refractivity contribution >= 4 is 23.9 Å². The Hall–Kier alpha value is -4.40. The zero-order valence-corrected chi connectivity index (χ0v) is 26.1. The van der Waals surface area contributed by atoms with Crippen LogP contribution in [0.5, 0.6) is 23.0 Å². The summed E-state index contributed by atoms with van der Waals surface area (Å²) in [6, 6.07) is 11.6. The molecule has 45 heavy (non-hydrogen) atoms. The fourth-order valence-corrected chi connectivity index (χ4v) is 4.65. The number of carbonyl (C=O) groups excluding carboxylic acids is 4. The average molecular weight is 635 g/mol. The monoisotopic (exact) mass is 634 g/mol. The summed E-state index contributed by atoms with van der Waals surface area (Å²) in [4.78, 5) is 47.4. The number of carbonyl (C=O) groups is 4. The quantitative estimate of drug-likeness (QED) is 0.160. The Morgan fingerprint density at radius 3 is 1.98 bits per heavy atom. The lowest BCUT2D eigenvalue weighted by atomic mass is 10.0. The molecule has 0 aliphatic carbocycles. The van der Waals surface area contributed by atoms with E-state index in [1.807, 2.05) is 0 Å². The summed E-state index contributed by atoms with van der Waals surface area (Å²) in [7, 11) is 4.24. The maximum absolute atomic E-state index is 12.0. The number of rotatable bonds is 15. The van der Waals surface area contributed by atoms with E-state index in [0.29, 0.717) is 17.1 Å². The van der Waals surface area contributed by atoms with Gasteiger partial charge in [-0.3, -0.25) is 19.2 Å². The number of methoxy groups -OCH3 is 3. The summed E-state index contributed by atoms with van der Waals surface area (Å²) in [5.41, 5.74) is 0.469.